The smallest absolute Gasteiger partial charge is 0.0950 e. The van der Waals surface area contributed by atoms with Crippen LogP contribution in [0.15, 0.2) is 30.2 Å². The fourth-order valence-corrected chi connectivity index (χ4v) is 0.555. The highest BCUT2D eigenvalue weighted by Crippen LogP contribution is 1.97. The molecule has 0 radical (unpaired) electrons. The van der Waals surface area contributed by atoms with Crippen molar-refractivity contribution in [2.24, 2.45) is 5.73 Å². The van der Waals surface area contributed by atoms with Gasteiger partial charge in [0, 0.05) is 6.42 Å². The van der Waals surface area contributed by atoms with Gasteiger partial charge in [0.1, 0.15) is 0 Å². The number of amidine groups is 1. The van der Waals surface area contributed by atoms with Gasteiger partial charge in [-0.25, -0.2) is 0 Å². The molecular weight excluding hydrogens is 124 g/mol. The van der Waals surface area contributed by atoms with Crippen LogP contribution in [0.3, 0.4) is 0 Å². The predicted octanol–water partition coefficient (Wildman–Crippen LogP) is 1.17. The highest BCUT2D eigenvalue weighted by molar-refractivity contribution is 5.79. The van der Waals surface area contributed by atoms with Crippen LogP contribution in [-0.2, 0) is 6.42 Å². The zero-order valence-electron chi connectivity index (χ0n) is 10.3. The first-order valence-corrected chi connectivity index (χ1v) is 2.75. The summed E-state index contributed by atoms with van der Waals surface area (Å²) >= 11 is 0. The molecule has 0 amide bonds. The molecule has 0 aliphatic heterocycles. The average Bonchev–Trinajstić information content (AvgIpc) is 2.18. The number of hydrogen-bond acceptors (Lipinski definition) is 1. The second-order valence-corrected chi connectivity index (χ2v) is 1.81. The highest BCUT2D eigenvalue weighted by atomic mass is 14.7. The van der Waals surface area contributed by atoms with E-state index in [0.29, 0.717) is 0 Å². The summed E-state index contributed by atoms with van der Waals surface area (Å²) in [6, 6.07) is -1.82. The molecule has 0 fully saturated rings. The molecule has 1 aromatic rings. The Morgan fingerprint density at radius 1 is 1.50 bits per heavy atom. The summed E-state index contributed by atoms with van der Waals surface area (Å²) in [6.45, 7) is 0. The number of nitrogens with two attached hydrogens (primary N) is 1. The van der Waals surface area contributed by atoms with Crippen molar-refractivity contribution in [3.05, 3.63) is 35.8 Å². The van der Waals surface area contributed by atoms with Gasteiger partial charge in [-0.2, -0.15) is 0 Å². The topological polar surface area (TPSA) is 49.9 Å². The Hall–Kier alpha value is -1.31. The van der Waals surface area contributed by atoms with Crippen molar-refractivity contribution in [1.29, 1.82) is 5.41 Å². The van der Waals surface area contributed by atoms with E-state index in [2.05, 4.69) is 0 Å². The minimum Gasteiger partial charge on any atom is -0.387 e. The van der Waals surface area contributed by atoms with Gasteiger partial charge in [-0.05, 0) is 5.56 Å². The summed E-state index contributed by atoms with van der Waals surface area (Å²) in [5.41, 5.74) is 5.21. The van der Waals surface area contributed by atoms with E-state index in [1.54, 1.807) is 0 Å². The van der Waals surface area contributed by atoms with Crippen LogP contribution < -0.4 is 5.73 Å². The third-order valence-corrected chi connectivity index (χ3v) is 0.919. The lowest BCUT2D eigenvalue weighted by atomic mass is 10.1. The molecule has 2 heteroatoms. The number of nitrogens with one attached hydrogen (secondary N) is 1. The molecule has 2 nitrogen and oxygen atoms in total. The van der Waals surface area contributed by atoms with Crippen molar-refractivity contribution >= 4 is 5.84 Å². The minimum absolute atomic E-state index is 0.0634. The molecule has 0 aliphatic carbocycles. The summed E-state index contributed by atoms with van der Waals surface area (Å²) in [4.78, 5) is 0. The fraction of sp³-hybridized carbons (Fsp3) is 0.125. The maximum absolute atomic E-state index is 7.50. The standard InChI is InChI=1S/C8H10N2/c9-8(10)6-7-4-2-1-3-5-7/h1-5H,6H2,(H3,9,10)/i1D,2D,3D,4D,5D. The van der Waals surface area contributed by atoms with E-state index in [-0.39, 0.29) is 29.9 Å². The maximum atomic E-state index is 7.50. The molecular formula is C8H10N2. The number of rotatable bonds is 2. The Balaban J connectivity index is 3.45. The molecule has 0 aliphatic rings. The van der Waals surface area contributed by atoms with Gasteiger partial charge < -0.3 is 5.73 Å². The van der Waals surface area contributed by atoms with Crippen molar-refractivity contribution in [3.8, 4) is 0 Å². The van der Waals surface area contributed by atoms with Crippen LogP contribution in [0.5, 0.6) is 0 Å². The molecule has 52 valence electrons. The molecule has 3 N–H and O–H groups in total. The molecule has 0 saturated carbocycles. The van der Waals surface area contributed by atoms with Crippen LogP contribution in [-0.4, -0.2) is 5.84 Å². The summed E-state index contributed by atoms with van der Waals surface area (Å²) in [6.07, 6.45) is -0.129. The van der Waals surface area contributed by atoms with Crippen LogP contribution in [0.2, 0.25) is 0 Å². The van der Waals surface area contributed by atoms with Gasteiger partial charge in [0.15, 0.2) is 0 Å². The van der Waals surface area contributed by atoms with Gasteiger partial charge in [-0.1, -0.05) is 30.2 Å². The summed E-state index contributed by atoms with van der Waals surface area (Å²) in [5, 5.41) is 7.06. The molecule has 1 rings (SSSR count). The molecule has 0 saturated heterocycles. The molecule has 0 aromatic heterocycles. The zero-order chi connectivity index (χ0) is 11.7. The normalized spacial score (nSPS) is 16.2. The Morgan fingerprint density at radius 3 is 2.60 bits per heavy atom. The summed E-state index contributed by atoms with van der Waals surface area (Å²) in [7, 11) is 0. The molecule has 0 spiro atoms. The van der Waals surface area contributed by atoms with Gasteiger partial charge >= 0.3 is 0 Å². The van der Waals surface area contributed by atoms with E-state index < -0.39 is 18.1 Å². The van der Waals surface area contributed by atoms with E-state index in [1.807, 2.05) is 0 Å². The van der Waals surface area contributed by atoms with Crippen molar-refractivity contribution in [2.45, 2.75) is 6.42 Å². The van der Waals surface area contributed by atoms with Crippen molar-refractivity contribution in [2.75, 3.05) is 0 Å². The Kier molecular flexibility index (Phi) is 0.826. The third-order valence-electron chi connectivity index (χ3n) is 0.919. The van der Waals surface area contributed by atoms with Gasteiger partial charge in [0.05, 0.1) is 12.7 Å². The first-order valence-electron chi connectivity index (χ1n) is 5.25. The quantitative estimate of drug-likeness (QED) is 0.469. The van der Waals surface area contributed by atoms with Gasteiger partial charge in [0.2, 0.25) is 0 Å². The largest absolute Gasteiger partial charge is 0.387 e. The Morgan fingerprint density at radius 2 is 2.10 bits per heavy atom. The number of hydrogen-bond donors (Lipinski definition) is 2. The Labute approximate surface area is 67.2 Å². The predicted molar refractivity (Wildman–Crippen MR) is 42.1 cm³/mol. The van der Waals surface area contributed by atoms with E-state index >= 15 is 0 Å². The minimum atomic E-state index is -0.433. The number of benzene rings is 1. The summed E-state index contributed by atoms with van der Waals surface area (Å²) in [5.74, 6) is -0.228. The SMILES string of the molecule is [2H]c1c([2H])c([2H])c(CC(=N)N)c([2H])c1[2H]. The molecule has 0 atom stereocenters. The second kappa shape index (κ2) is 3.01. The van der Waals surface area contributed by atoms with E-state index in [9.17, 15) is 0 Å². The van der Waals surface area contributed by atoms with Crippen molar-refractivity contribution < 1.29 is 6.85 Å². The van der Waals surface area contributed by atoms with E-state index in [4.69, 9.17) is 18.0 Å². The van der Waals surface area contributed by atoms with Gasteiger partial charge in [0.25, 0.3) is 0 Å². The monoisotopic (exact) mass is 139 g/mol. The van der Waals surface area contributed by atoms with Crippen molar-refractivity contribution in [1.82, 2.24) is 0 Å². The van der Waals surface area contributed by atoms with E-state index in [1.165, 1.54) is 0 Å². The lowest BCUT2D eigenvalue weighted by Gasteiger charge is -1.96. The molecule has 1 aromatic carbocycles. The molecule has 0 bridgehead atoms. The average molecular weight is 139 g/mol. The lowest BCUT2D eigenvalue weighted by Crippen LogP contribution is -2.12. The highest BCUT2D eigenvalue weighted by Gasteiger charge is 1.90. The van der Waals surface area contributed by atoms with E-state index in [0.717, 1.165) is 0 Å². The Bertz CT molecular complexity index is 401. The lowest BCUT2D eigenvalue weighted by molar-refractivity contribution is 1.25. The summed E-state index contributed by atoms with van der Waals surface area (Å²) < 4.78 is 37.1. The van der Waals surface area contributed by atoms with Crippen LogP contribution in [0.25, 0.3) is 0 Å². The second-order valence-electron chi connectivity index (χ2n) is 1.81. The molecule has 0 heterocycles. The van der Waals surface area contributed by atoms with Crippen LogP contribution in [0.4, 0.5) is 0 Å². The van der Waals surface area contributed by atoms with Gasteiger partial charge in [-0.15, -0.1) is 0 Å². The van der Waals surface area contributed by atoms with Crippen LogP contribution in [0, 0.1) is 5.41 Å². The fourth-order valence-electron chi connectivity index (χ4n) is 0.555. The zero-order valence-corrected chi connectivity index (χ0v) is 5.28. The van der Waals surface area contributed by atoms with Crippen LogP contribution in [0.1, 0.15) is 12.4 Å². The van der Waals surface area contributed by atoms with Gasteiger partial charge in [-0.3, -0.25) is 5.41 Å². The van der Waals surface area contributed by atoms with Crippen LogP contribution >= 0.6 is 0 Å². The molecule has 0 unspecified atom stereocenters. The third kappa shape index (κ3) is 1.90. The first kappa shape index (κ1) is 2.74. The van der Waals surface area contributed by atoms with Crippen molar-refractivity contribution in [3.63, 3.8) is 0 Å². The maximum Gasteiger partial charge on any atom is 0.0950 e. The first-order chi connectivity index (χ1) is 6.86. The molecule has 10 heavy (non-hydrogen) atoms.